The number of nitrogens with zero attached hydrogens (tertiary/aromatic N) is 4. The van der Waals surface area contributed by atoms with E-state index in [9.17, 15) is 4.79 Å². The highest BCUT2D eigenvalue weighted by Crippen LogP contribution is 2.31. The lowest BCUT2D eigenvalue weighted by molar-refractivity contribution is -0.125. The van der Waals surface area contributed by atoms with Gasteiger partial charge in [0.25, 0.3) is 0 Å². The zero-order valence-electron chi connectivity index (χ0n) is 17.1. The predicted molar refractivity (Wildman–Crippen MR) is 124 cm³/mol. The van der Waals surface area contributed by atoms with Gasteiger partial charge in [-0.05, 0) is 48.1 Å². The van der Waals surface area contributed by atoms with E-state index in [0.29, 0.717) is 6.54 Å². The molecule has 1 amide bonds. The minimum Gasteiger partial charge on any atom is -0.356 e. The fourth-order valence-corrected chi connectivity index (χ4v) is 4.65. The molecule has 6 nitrogen and oxygen atoms in total. The quantitative estimate of drug-likeness (QED) is 0.513. The fourth-order valence-electron chi connectivity index (χ4n) is 4.01. The third-order valence-electron chi connectivity index (χ3n) is 5.72. The van der Waals surface area contributed by atoms with Crippen molar-refractivity contribution in [3.63, 3.8) is 0 Å². The number of benzene rings is 1. The second kappa shape index (κ2) is 8.81. The van der Waals surface area contributed by atoms with Crippen LogP contribution in [0.3, 0.4) is 0 Å². The number of hydrogen-bond acceptors (Lipinski definition) is 6. The van der Waals surface area contributed by atoms with Crippen molar-refractivity contribution in [3.8, 4) is 11.4 Å². The highest BCUT2D eigenvalue weighted by molar-refractivity contribution is 7.08. The van der Waals surface area contributed by atoms with Gasteiger partial charge in [0, 0.05) is 54.3 Å². The highest BCUT2D eigenvalue weighted by Gasteiger charge is 2.27. The van der Waals surface area contributed by atoms with Gasteiger partial charge in [-0.1, -0.05) is 18.2 Å². The molecule has 1 aliphatic heterocycles. The molecule has 31 heavy (non-hydrogen) atoms. The van der Waals surface area contributed by atoms with E-state index in [0.717, 1.165) is 59.6 Å². The smallest absolute Gasteiger partial charge is 0.223 e. The molecule has 1 fully saturated rings. The summed E-state index contributed by atoms with van der Waals surface area (Å²) in [7, 11) is 0. The maximum Gasteiger partial charge on any atom is 0.223 e. The third kappa shape index (κ3) is 4.27. The van der Waals surface area contributed by atoms with Crippen molar-refractivity contribution in [3.05, 3.63) is 71.2 Å². The molecule has 0 aliphatic carbocycles. The fraction of sp³-hybridized carbons (Fsp3) is 0.250. The standard InChI is InChI=1S/C24H23N5OS/c30-24(26-15-17-4-3-10-25-14-17)18-7-11-29(12-8-18)23-20-5-1-2-6-21(20)27-22(28-23)19-9-13-31-16-19/h1-6,9-10,13-14,16,18H,7-8,11-12,15H2,(H,26,30). The normalized spacial score (nSPS) is 14.6. The molecule has 1 aromatic carbocycles. The monoisotopic (exact) mass is 429 g/mol. The summed E-state index contributed by atoms with van der Waals surface area (Å²) in [5, 5.41) is 8.24. The molecule has 0 spiro atoms. The van der Waals surface area contributed by atoms with Gasteiger partial charge in [0.05, 0.1) is 5.52 Å². The number of carbonyl (C=O) groups excluding carboxylic acids is 1. The number of fused-ring (bicyclic) bond motifs is 1. The molecule has 0 saturated carbocycles. The summed E-state index contributed by atoms with van der Waals surface area (Å²) in [6.07, 6.45) is 5.14. The number of nitrogens with one attached hydrogen (secondary N) is 1. The first kappa shape index (κ1) is 19.6. The summed E-state index contributed by atoms with van der Waals surface area (Å²) in [5.41, 5.74) is 3.01. The Kier molecular flexibility index (Phi) is 5.58. The van der Waals surface area contributed by atoms with Crippen LogP contribution in [0.5, 0.6) is 0 Å². The molecule has 7 heteroatoms. The second-order valence-electron chi connectivity index (χ2n) is 7.74. The zero-order chi connectivity index (χ0) is 21.0. The molecule has 4 heterocycles. The van der Waals surface area contributed by atoms with E-state index >= 15 is 0 Å². The molecular formula is C24H23N5OS. The molecule has 1 N–H and O–H groups in total. The average molecular weight is 430 g/mol. The van der Waals surface area contributed by atoms with Crippen molar-refractivity contribution in [1.29, 1.82) is 0 Å². The molecule has 0 bridgehead atoms. The van der Waals surface area contributed by atoms with Crippen LogP contribution in [0.2, 0.25) is 0 Å². The topological polar surface area (TPSA) is 71.0 Å². The van der Waals surface area contributed by atoms with E-state index in [4.69, 9.17) is 9.97 Å². The maximum atomic E-state index is 12.7. The number of amides is 1. The minimum atomic E-state index is 0.0253. The van der Waals surface area contributed by atoms with Crippen LogP contribution in [-0.4, -0.2) is 33.9 Å². The van der Waals surface area contributed by atoms with Crippen LogP contribution in [0, 0.1) is 5.92 Å². The number of thiophene rings is 1. The first-order valence-corrected chi connectivity index (χ1v) is 11.4. The van der Waals surface area contributed by atoms with Crippen molar-refractivity contribution in [2.24, 2.45) is 5.92 Å². The van der Waals surface area contributed by atoms with E-state index in [2.05, 4.69) is 32.7 Å². The Hall–Kier alpha value is -3.32. The summed E-state index contributed by atoms with van der Waals surface area (Å²) in [5.74, 6) is 1.86. The van der Waals surface area contributed by atoms with Gasteiger partial charge in [0.1, 0.15) is 5.82 Å². The van der Waals surface area contributed by atoms with Crippen LogP contribution < -0.4 is 10.2 Å². The first-order valence-electron chi connectivity index (χ1n) is 10.5. The second-order valence-corrected chi connectivity index (χ2v) is 8.52. The van der Waals surface area contributed by atoms with E-state index < -0.39 is 0 Å². The summed E-state index contributed by atoms with van der Waals surface area (Å²) in [6, 6.07) is 14.1. The van der Waals surface area contributed by atoms with Gasteiger partial charge in [-0.3, -0.25) is 9.78 Å². The van der Waals surface area contributed by atoms with Gasteiger partial charge in [-0.15, -0.1) is 0 Å². The Labute approximate surface area is 185 Å². The van der Waals surface area contributed by atoms with Crippen molar-refractivity contribution >= 4 is 34.0 Å². The Morgan fingerprint density at radius 1 is 1.10 bits per heavy atom. The molecule has 0 atom stereocenters. The lowest BCUT2D eigenvalue weighted by Gasteiger charge is -2.33. The number of aromatic nitrogens is 3. The molecule has 5 rings (SSSR count). The van der Waals surface area contributed by atoms with Gasteiger partial charge in [-0.25, -0.2) is 9.97 Å². The largest absolute Gasteiger partial charge is 0.356 e. The van der Waals surface area contributed by atoms with Gasteiger partial charge in [-0.2, -0.15) is 11.3 Å². The van der Waals surface area contributed by atoms with Crippen molar-refractivity contribution < 1.29 is 4.79 Å². The molecule has 3 aromatic heterocycles. The number of para-hydroxylation sites is 1. The molecule has 1 aliphatic rings. The number of pyridine rings is 1. The maximum absolute atomic E-state index is 12.7. The number of hydrogen-bond donors (Lipinski definition) is 1. The van der Waals surface area contributed by atoms with Gasteiger partial charge < -0.3 is 10.2 Å². The van der Waals surface area contributed by atoms with Crippen LogP contribution >= 0.6 is 11.3 Å². The van der Waals surface area contributed by atoms with Crippen LogP contribution in [-0.2, 0) is 11.3 Å². The van der Waals surface area contributed by atoms with Crippen molar-refractivity contribution in [2.45, 2.75) is 19.4 Å². The van der Waals surface area contributed by atoms with Crippen LogP contribution in [0.25, 0.3) is 22.3 Å². The third-order valence-corrected chi connectivity index (χ3v) is 6.40. The van der Waals surface area contributed by atoms with E-state index in [1.807, 2.05) is 35.7 Å². The Morgan fingerprint density at radius 3 is 2.74 bits per heavy atom. The number of carbonyl (C=O) groups is 1. The summed E-state index contributed by atoms with van der Waals surface area (Å²) in [4.78, 5) is 28.8. The summed E-state index contributed by atoms with van der Waals surface area (Å²) >= 11 is 1.65. The van der Waals surface area contributed by atoms with Crippen LogP contribution in [0.4, 0.5) is 5.82 Å². The highest BCUT2D eigenvalue weighted by atomic mass is 32.1. The van der Waals surface area contributed by atoms with Crippen molar-refractivity contribution in [1.82, 2.24) is 20.3 Å². The lowest BCUT2D eigenvalue weighted by Crippen LogP contribution is -2.40. The van der Waals surface area contributed by atoms with Gasteiger partial charge in [0.15, 0.2) is 5.82 Å². The molecule has 4 aromatic rings. The van der Waals surface area contributed by atoms with Gasteiger partial charge in [0.2, 0.25) is 5.91 Å². The Bertz CT molecular complexity index is 1170. The first-order chi connectivity index (χ1) is 15.3. The molecular weight excluding hydrogens is 406 g/mol. The van der Waals surface area contributed by atoms with Crippen molar-refractivity contribution in [2.75, 3.05) is 18.0 Å². The van der Waals surface area contributed by atoms with E-state index in [1.165, 1.54) is 0 Å². The number of piperidine rings is 1. The molecule has 0 unspecified atom stereocenters. The van der Waals surface area contributed by atoms with Crippen LogP contribution in [0.1, 0.15) is 18.4 Å². The Morgan fingerprint density at radius 2 is 1.97 bits per heavy atom. The lowest BCUT2D eigenvalue weighted by atomic mass is 9.95. The van der Waals surface area contributed by atoms with E-state index in [-0.39, 0.29) is 11.8 Å². The summed E-state index contributed by atoms with van der Waals surface area (Å²) < 4.78 is 0. The zero-order valence-corrected chi connectivity index (χ0v) is 17.9. The summed E-state index contributed by atoms with van der Waals surface area (Å²) in [6.45, 7) is 2.12. The van der Waals surface area contributed by atoms with Gasteiger partial charge >= 0.3 is 0 Å². The van der Waals surface area contributed by atoms with E-state index in [1.54, 1.807) is 23.7 Å². The number of rotatable bonds is 5. The number of anilines is 1. The van der Waals surface area contributed by atoms with Crippen LogP contribution in [0.15, 0.2) is 65.6 Å². The Balaban J connectivity index is 1.30. The predicted octanol–water partition coefficient (Wildman–Crippen LogP) is 4.29. The molecule has 1 saturated heterocycles. The molecule has 156 valence electrons. The SMILES string of the molecule is O=C(NCc1cccnc1)C1CCN(c2nc(-c3ccsc3)nc3ccccc23)CC1. The molecule has 0 radical (unpaired) electrons. The average Bonchev–Trinajstić information content (AvgIpc) is 3.38. The minimum absolute atomic E-state index is 0.0253.